The molecule has 1 rings (SSSR count). The van der Waals surface area contributed by atoms with E-state index in [-0.39, 0.29) is 5.78 Å². The molecular weight excluding hydrogens is 228 g/mol. The summed E-state index contributed by atoms with van der Waals surface area (Å²) in [4.78, 5) is 12.3. The van der Waals surface area contributed by atoms with Gasteiger partial charge in [0.1, 0.15) is 5.60 Å². The van der Waals surface area contributed by atoms with Crippen molar-refractivity contribution >= 4 is 14.1 Å². The third-order valence-corrected chi connectivity index (χ3v) is 3.82. The topological polar surface area (TPSA) is 26.3 Å². The van der Waals surface area contributed by atoms with E-state index in [4.69, 9.17) is 4.43 Å². The molecule has 0 amide bonds. The van der Waals surface area contributed by atoms with Gasteiger partial charge in [-0.3, -0.25) is 4.79 Å². The van der Waals surface area contributed by atoms with Crippen LogP contribution in [0.2, 0.25) is 19.6 Å². The van der Waals surface area contributed by atoms with Crippen LogP contribution in [0.15, 0.2) is 36.0 Å². The molecule has 0 saturated heterocycles. The summed E-state index contributed by atoms with van der Waals surface area (Å²) >= 11 is 0. The summed E-state index contributed by atoms with van der Waals surface area (Å²) in [5.74, 6) is 0.0652. The molecule has 1 atom stereocenters. The number of ketones is 1. The Morgan fingerprint density at radius 1 is 1.47 bits per heavy atom. The van der Waals surface area contributed by atoms with Gasteiger partial charge in [-0.1, -0.05) is 18.2 Å². The van der Waals surface area contributed by atoms with E-state index in [0.717, 1.165) is 11.1 Å². The zero-order chi connectivity index (χ0) is 13.4. The second kappa shape index (κ2) is 4.39. The Morgan fingerprint density at radius 2 is 2.00 bits per heavy atom. The van der Waals surface area contributed by atoms with Crippen molar-refractivity contribution < 1.29 is 9.22 Å². The number of rotatable bonds is 5. The first-order chi connectivity index (χ1) is 7.64. The van der Waals surface area contributed by atoms with Gasteiger partial charge in [-0.05, 0) is 39.1 Å². The van der Waals surface area contributed by atoms with Gasteiger partial charge in [0.05, 0.1) is 0 Å². The SMILES string of the molecule is C=CC1=C(C)C(CC(=C)C)(O[Si](C)(C)C)C1=O. The molecule has 0 heterocycles. The number of hydrogen-bond donors (Lipinski definition) is 0. The van der Waals surface area contributed by atoms with Gasteiger partial charge in [0.15, 0.2) is 14.1 Å². The van der Waals surface area contributed by atoms with E-state index in [0.29, 0.717) is 12.0 Å². The van der Waals surface area contributed by atoms with Crippen molar-refractivity contribution in [3.05, 3.63) is 36.0 Å². The molecule has 1 unspecified atom stereocenters. The minimum Gasteiger partial charge on any atom is -0.401 e. The largest absolute Gasteiger partial charge is 0.401 e. The molecule has 0 aliphatic heterocycles. The summed E-state index contributed by atoms with van der Waals surface area (Å²) in [6.07, 6.45) is 2.21. The normalized spacial score (nSPS) is 24.6. The minimum absolute atomic E-state index is 0.0652. The molecule has 17 heavy (non-hydrogen) atoms. The number of hydrogen-bond acceptors (Lipinski definition) is 2. The molecule has 0 fully saturated rings. The van der Waals surface area contributed by atoms with Gasteiger partial charge < -0.3 is 4.43 Å². The van der Waals surface area contributed by atoms with Crippen LogP contribution in [-0.2, 0) is 9.22 Å². The predicted octanol–water partition coefficient (Wildman–Crippen LogP) is 3.63. The number of allylic oxidation sites excluding steroid dienone is 1. The van der Waals surface area contributed by atoms with Crippen LogP contribution >= 0.6 is 0 Å². The highest BCUT2D eigenvalue weighted by atomic mass is 28.4. The third kappa shape index (κ3) is 2.50. The van der Waals surface area contributed by atoms with Gasteiger partial charge in [0.2, 0.25) is 0 Å². The fraction of sp³-hybridized carbons (Fsp3) is 0.500. The average Bonchev–Trinajstić information content (AvgIpc) is 2.14. The second-order valence-electron chi connectivity index (χ2n) is 5.75. The van der Waals surface area contributed by atoms with Crippen molar-refractivity contribution in [1.82, 2.24) is 0 Å². The van der Waals surface area contributed by atoms with Crippen molar-refractivity contribution in [3.8, 4) is 0 Å². The van der Waals surface area contributed by atoms with Crippen molar-refractivity contribution in [1.29, 1.82) is 0 Å². The Bertz CT molecular complexity index is 412. The van der Waals surface area contributed by atoms with Crippen LogP contribution in [0.5, 0.6) is 0 Å². The molecule has 0 aromatic rings. The Morgan fingerprint density at radius 3 is 2.29 bits per heavy atom. The smallest absolute Gasteiger partial charge is 0.198 e. The molecule has 2 nitrogen and oxygen atoms in total. The Kier molecular flexibility index (Phi) is 3.65. The lowest BCUT2D eigenvalue weighted by atomic mass is 9.70. The fourth-order valence-corrected chi connectivity index (χ4v) is 3.64. The van der Waals surface area contributed by atoms with Gasteiger partial charge in [-0.15, -0.1) is 6.58 Å². The molecule has 0 N–H and O–H groups in total. The molecule has 0 aromatic carbocycles. The van der Waals surface area contributed by atoms with E-state index in [1.165, 1.54) is 0 Å². The second-order valence-corrected chi connectivity index (χ2v) is 10.2. The molecular formula is C14H22O2Si. The van der Waals surface area contributed by atoms with Crippen LogP contribution in [0, 0.1) is 0 Å². The lowest BCUT2D eigenvalue weighted by Gasteiger charge is -2.46. The molecule has 0 saturated carbocycles. The molecule has 3 heteroatoms. The highest BCUT2D eigenvalue weighted by Crippen LogP contribution is 2.44. The van der Waals surface area contributed by atoms with Crippen molar-refractivity contribution in [3.63, 3.8) is 0 Å². The number of carbonyl (C=O) groups excluding carboxylic acids is 1. The standard InChI is InChI=1S/C14H22O2Si/c1-8-12-11(4)14(13(12)15,9-10(2)3)16-17(5,6)7/h8H,1-2,9H2,3-7H3. The maximum Gasteiger partial charge on any atom is 0.198 e. The molecule has 0 radical (unpaired) electrons. The van der Waals surface area contributed by atoms with Crippen LogP contribution in [0.1, 0.15) is 20.3 Å². The van der Waals surface area contributed by atoms with Crippen molar-refractivity contribution in [2.45, 2.75) is 45.5 Å². The summed E-state index contributed by atoms with van der Waals surface area (Å²) in [7, 11) is -1.79. The lowest BCUT2D eigenvalue weighted by Crippen LogP contribution is -2.56. The summed E-state index contributed by atoms with van der Waals surface area (Å²) < 4.78 is 6.15. The highest BCUT2D eigenvalue weighted by Gasteiger charge is 2.53. The van der Waals surface area contributed by atoms with Crippen molar-refractivity contribution in [2.75, 3.05) is 0 Å². The molecule has 1 aliphatic rings. The van der Waals surface area contributed by atoms with E-state index >= 15 is 0 Å². The summed E-state index contributed by atoms with van der Waals surface area (Å²) in [6, 6.07) is 0. The predicted molar refractivity (Wildman–Crippen MR) is 74.5 cm³/mol. The highest BCUT2D eigenvalue weighted by molar-refractivity contribution is 6.70. The van der Waals surface area contributed by atoms with E-state index < -0.39 is 13.9 Å². The van der Waals surface area contributed by atoms with E-state index in [1.54, 1.807) is 6.08 Å². The zero-order valence-corrected chi connectivity index (χ0v) is 12.5. The van der Waals surface area contributed by atoms with Crippen LogP contribution in [0.4, 0.5) is 0 Å². The molecule has 94 valence electrons. The monoisotopic (exact) mass is 250 g/mol. The number of carbonyl (C=O) groups is 1. The first kappa shape index (κ1) is 14.1. The van der Waals surface area contributed by atoms with E-state index in [1.807, 2.05) is 13.8 Å². The summed E-state index contributed by atoms with van der Waals surface area (Å²) in [6.45, 7) is 17.8. The Labute approximate surface area is 105 Å². The van der Waals surface area contributed by atoms with Crippen LogP contribution < -0.4 is 0 Å². The molecule has 1 aliphatic carbocycles. The zero-order valence-electron chi connectivity index (χ0n) is 11.5. The maximum absolute atomic E-state index is 12.3. The van der Waals surface area contributed by atoms with Crippen LogP contribution in [0.25, 0.3) is 0 Å². The summed E-state index contributed by atoms with van der Waals surface area (Å²) in [5.41, 5.74) is 1.94. The lowest BCUT2D eigenvalue weighted by molar-refractivity contribution is -0.131. The first-order valence-electron chi connectivity index (χ1n) is 5.87. The van der Waals surface area contributed by atoms with Gasteiger partial charge in [0, 0.05) is 12.0 Å². The fourth-order valence-electron chi connectivity index (χ4n) is 2.28. The maximum atomic E-state index is 12.3. The molecule has 0 aromatic heterocycles. The third-order valence-electron chi connectivity index (χ3n) is 2.86. The van der Waals surface area contributed by atoms with Gasteiger partial charge in [-0.25, -0.2) is 0 Å². The quantitative estimate of drug-likeness (QED) is 0.550. The number of Topliss-reactive ketones (excluding diaryl/α,β-unsaturated/α-hetero) is 1. The van der Waals surface area contributed by atoms with Gasteiger partial charge >= 0.3 is 0 Å². The van der Waals surface area contributed by atoms with Crippen molar-refractivity contribution in [2.24, 2.45) is 0 Å². The first-order valence-corrected chi connectivity index (χ1v) is 9.28. The molecule has 0 spiro atoms. The Hall–Kier alpha value is -0.933. The molecule has 0 bridgehead atoms. The van der Waals surface area contributed by atoms with E-state index in [2.05, 4.69) is 32.8 Å². The Balaban J connectivity index is 3.16. The van der Waals surface area contributed by atoms with Gasteiger partial charge in [-0.2, -0.15) is 0 Å². The van der Waals surface area contributed by atoms with E-state index in [9.17, 15) is 4.79 Å². The van der Waals surface area contributed by atoms with Crippen LogP contribution in [-0.4, -0.2) is 19.7 Å². The van der Waals surface area contributed by atoms with Crippen LogP contribution in [0.3, 0.4) is 0 Å². The average molecular weight is 250 g/mol. The minimum atomic E-state index is -1.79. The summed E-state index contributed by atoms with van der Waals surface area (Å²) in [5, 5.41) is 0. The van der Waals surface area contributed by atoms with Gasteiger partial charge in [0.25, 0.3) is 0 Å².